The average molecular weight is 367 g/mol. The zero-order valence-corrected chi connectivity index (χ0v) is 16.2. The molecule has 0 bridgehead atoms. The number of urea groups is 1. The molecule has 144 valence electrons. The molecule has 2 aromatic rings. The minimum absolute atomic E-state index is 0.00485. The molecule has 1 fully saturated rings. The second-order valence-electron chi connectivity index (χ2n) is 7.21. The molecular formula is C22H30N4O. The van der Waals surface area contributed by atoms with Crippen LogP contribution in [0.5, 0.6) is 0 Å². The van der Waals surface area contributed by atoms with Crippen molar-refractivity contribution in [2.75, 3.05) is 31.5 Å². The lowest BCUT2D eigenvalue weighted by Gasteiger charge is -2.34. The Labute approximate surface area is 162 Å². The van der Waals surface area contributed by atoms with Crippen molar-refractivity contribution in [1.82, 2.24) is 14.8 Å². The SMILES string of the molecule is CCCCCc1ccc(NC(=O)N2CCN(Cc3cccnc3)CC2)cc1. The van der Waals surface area contributed by atoms with E-state index in [1.807, 2.05) is 29.3 Å². The van der Waals surface area contributed by atoms with Gasteiger partial charge >= 0.3 is 6.03 Å². The van der Waals surface area contributed by atoms with Crippen molar-refractivity contribution in [2.45, 2.75) is 39.2 Å². The molecule has 1 aromatic carbocycles. The molecule has 1 aromatic heterocycles. The summed E-state index contributed by atoms with van der Waals surface area (Å²) in [5.41, 5.74) is 3.43. The summed E-state index contributed by atoms with van der Waals surface area (Å²) in [6, 6.07) is 12.3. The number of nitrogens with one attached hydrogen (secondary N) is 1. The van der Waals surface area contributed by atoms with Gasteiger partial charge in [-0.05, 0) is 42.2 Å². The van der Waals surface area contributed by atoms with Crippen molar-refractivity contribution in [3.8, 4) is 0 Å². The zero-order chi connectivity index (χ0) is 18.9. The van der Waals surface area contributed by atoms with Crippen molar-refractivity contribution < 1.29 is 4.79 Å². The number of carbonyl (C=O) groups excluding carboxylic acids is 1. The van der Waals surface area contributed by atoms with Gasteiger partial charge < -0.3 is 10.2 Å². The Kier molecular flexibility index (Phi) is 7.22. The number of benzene rings is 1. The second-order valence-corrected chi connectivity index (χ2v) is 7.21. The van der Waals surface area contributed by atoms with E-state index >= 15 is 0 Å². The number of hydrogen-bond donors (Lipinski definition) is 1. The Balaban J connectivity index is 1.42. The van der Waals surface area contributed by atoms with Crippen LogP contribution in [0.2, 0.25) is 0 Å². The summed E-state index contributed by atoms with van der Waals surface area (Å²) in [6.07, 6.45) is 8.55. The molecular weight excluding hydrogens is 336 g/mol. The molecule has 0 spiro atoms. The monoisotopic (exact) mass is 366 g/mol. The average Bonchev–Trinajstić information content (AvgIpc) is 2.71. The molecule has 0 aliphatic carbocycles. The van der Waals surface area contributed by atoms with Crippen molar-refractivity contribution in [1.29, 1.82) is 0 Å². The van der Waals surface area contributed by atoms with Gasteiger partial charge in [0.2, 0.25) is 0 Å². The molecule has 0 saturated carbocycles. The van der Waals surface area contributed by atoms with E-state index in [9.17, 15) is 4.79 Å². The van der Waals surface area contributed by atoms with E-state index in [2.05, 4.69) is 40.3 Å². The van der Waals surface area contributed by atoms with Crippen LogP contribution in [-0.2, 0) is 13.0 Å². The number of unbranched alkanes of at least 4 members (excludes halogenated alkanes) is 2. The Morgan fingerprint density at radius 2 is 1.81 bits per heavy atom. The van der Waals surface area contributed by atoms with Crippen LogP contribution in [-0.4, -0.2) is 47.0 Å². The molecule has 3 rings (SSSR count). The number of piperazine rings is 1. The topological polar surface area (TPSA) is 48.5 Å². The predicted molar refractivity (Wildman–Crippen MR) is 110 cm³/mol. The Morgan fingerprint density at radius 1 is 1.04 bits per heavy atom. The van der Waals surface area contributed by atoms with Gasteiger partial charge in [-0.1, -0.05) is 38.0 Å². The van der Waals surface area contributed by atoms with Gasteiger partial charge in [-0.2, -0.15) is 0 Å². The molecule has 1 aliphatic rings. The highest BCUT2D eigenvalue weighted by Crippen LogP contribution is 2.14. The number of amides is 2. The summed E-state index contributed by atoms with van der Waals surface area (Å²) in [5, 5.41) is 3.03. The summed E-state index contributed by atoms with van der Waals surface area (Å²) in [4.78, 5) is 20.9. The Hall–Kier alpha value is -2.40. The van der Waals surface area contributed by atoms with Crippen LogP contribution in [0.1, 0.15) is 37.3 Å². The third-order valence-corrected chi connectivity index (χ3v) is 5.06. The minimum Gasteiger partial charge on any atom is -0.322 e. The van der Waals surface area contributed by atoms with Gasteiger partial charge in [-0.25, -0.2) is 4.79 Å². The number of nitrogens with zero attached hydrogens (tertiary/aromatic N) is 3. The van der Waals surface area contributed by atoms with Crippen molar-refractivity contribution >= 4 is 11.7 Å². The first-order chi connectivity index (χ1) is 13.2. The molecule has 27 heavy (non-hydrogen) atoms. The maximum absolute atomic E-state index is 12.5. The van der Waals surface area contributed by atoms with Crippen LogP contribution in [0.25, 0.3) is 0 Å². The molecule has 2 amide bonds. The summed E-state index contributed by atoms with van der Waals surface area (Å²) in [5.74, 6) is 0. The van der Waals surface area contributed by atoms with E-state index in [-0.39, 0.29) is 6.03 Å². The lowest BCUT2D eigenvalue weighted by Crippen LogP contribution is -2.49. The molecule has 1 saturated heterocycles. The standard InChI is InChI=1S/C22H30N4O/c1-2-3-4-6-19-8-10-21(11-9-19)24-22(27)26-15-13-25(14-16-26)18-20-7-5-12-23-17-20/h5,7-12,17H,2-4,6,13-16,18H2,1H3,(H,24,27). The number of aryl methyl sites for hydroxylation is 1. The number of rotatable bonds is 7. The highest BCUT2D eigenvalue weighted by molar-refractivity contribution is 5.89. The van der Waals surface area contributed by atoms with Crippen LogP contribution in [0.4, 0.5) is 10.5 Å². The van der Waals surface area contributed by atoms with E-state index in [1.54, 1.807) is 6.20 Å². The predicted octanol–water partition coefficient (Wildman–Crippen LogP) is 4.16. The molecule has 1 N–H and O–H groups in total. The first-order valence-electron chi connectivity index (χ1n) is 10.0. The summed E-state index contributed by atoms with van der Waals surface area (Å²) in [6.45, 7) is 6.39. The van der Waals surface area contributed by atoms with Crippen molar-refractivity contribution in [3.63, 3.8) is 0 Å². The first kappa shape index (κ1) is 19.4. The van der Waals surface area contributed by atoms with E-state index in [1.165, 1.54) is 30.4 Å². The fourth-order valence-corrected chi connectivity index (χ4v) is 3.40. The minimum atomic E-state index is -0.00485. The zero-order valence-electron chi connectivity index (χ0n) is 16.2. The van der Waals surface area contributed by atoms with Crippen LogP contribution < -0.4 is 5.32 Å². The van der Waals surface area contributed by atoms with Crippen molar-refractivity contribution in [2.24, 2.45) is 0 Å². The highest BCUT2D eigenvalue weighted by Gasteiger charge is 2.21. The third kappa shape index (κ3) is 6.07. The van der Waals surface area contributed by atoms with Gasteiger partial charge in [0.05, 0.1) is 0 Å². The first-order valence-corrected chi connectivity index (χ1v) is 10.0. The van der Waals surface area contributed by atoms with Crippen LogP contribution in [0.15, 0.2) is 48.8 Å². The largest absolute Gasteiger partial charge is 0.322 e. The molecule has 5 nitrogen and oxygen atoms in total. The molecule has 5 heteroatoms. The molecule has 0 unspecified atom stereocenters. The van der Waals surface area contributed by atoms with Crippen molar-refractivity contribution in [3.05, 3.63) is 59.9 Å². The van der Waals surface area contributed by atoms with Gasteiger partial charge in [0.25, 0.3) is 0 Å². The normalized spacial score (nSPS) is 14.9. The van der Waals surface area contributed by atoms with E-state index in [0.29, 0.717) is 0 Å². The van der Waals surface area contributed by atoms with Gasteiger partial charge in [0, 0.05) is 50.8 Å². The lowest BCUT2D eigenvalue weighted by molar-refractivity contribution is 0.143. The number of aromatic nitrogens is 1. The van der Waals surface area contributed by atoms with Crippen LogP contribution in [0, 0.1) is 0 Å². The van der Waals surface area contributed by atoms with Gasteiger partial charge in [0.1, 0.15) is 0 Å². The lowest BCUT2D eigenvalue weighted by atomic mass is 10.1. The van der Waals surface area contributed by atoms with Crippen LogP contribution >= 0.6 is 0 Å². The maximum Gasteiger partial charge on any atom is 0.321 e. The van der Waals surface area contributed by atoms with Gasteiger partial charge in [0.15, 0.2) is 0 Å². The molecule has 2 heterocycles. The molecule has 1 aliphatic heterocycles. The second kappa shape index (κ2) is 10.1. The number of hydrogen-bond acceptors (Lipinski definition) is 3. The number of pyridine rings is 1. The van der Waals surface area contributed by atoms with Gasteiger partial charge in [-0.3, -0.25) is 9.88 Å². The fourth-order valence-electron chi connectivity index (χ4n) is 3.40. The Bertz CT molecular complexity index is 694. The third-order valence-electron chi connectivity index (χ3n) is 5.06. The highest BCUT2D eigenvalue weighted by atomic mass is 16.2. The van der Waals surface area contributed by atoms with Gasteiger partial charge in [-0.15, -0.1) is 0 Å². The maximum atomic E-state index is 12.5. The number of anilines is 1. The quantitative estimate of drug-likeness (QED) is 0.749. The Morgan fingerprint density at radius 3 is 2.48 bits per heavy atom. The number of carbonyl (C=O) groups is 1. The van der Waals surface area contributed by atoms with E-state index in [4.69, 9.17) is 0 Å². The molecule has 0 radical (unpaired) electrons. The fraction of sp³-hybridized carbons (Fsp3) is 0.455. The molecule has 0 atom stereocenters. The summed E-state index contributed by atoms with van der Waals surface area (Å²) >= 11 is 0. The smallest absolute Gasteiger partial charge is 0.321 e. The summed E-state index contributed by atoms with van der Waals surface area (Å²) in [7, 11) is 0. The summed E-state index contributed by atoms with van der Waals surface area (Å²) < 4.78 is 0. The van der Waals surface area contributed by atoms with Crippen LogP contribution in [0.3, 0.4) is 0 Å². The van der Waals surface area contributed by atoms with E-state index < -0.39 is 0 Å². The van der Waals surface area contributed by atoms with E-state index in [0.717, 1.165) is 44.8 Å².